The van der Waals surface area contributed by atoms with Crippen LogP contribution in [0.2, 0.25) is 0 Å². The molecule has 15 heavy (non-hydrogen) atoms. The second-order valence-corrected chi connectivity index (χ2v) is 4.77. The molecule has 1 aromatic rings. The monoisotopic (exact) mass is 206 g/mol. The van der Waals surface area contributed by atoms with Gasteiger partial charge in [-0.1, -0.05) is 17.7 Å². The first-order valence-corrected chi connectivity index (χ1v) is 5.45. The molecule has 0 aliphatic heterocycles. The summed E-state index contributed by atoms with van der Waals surface area (Å²) in [5.41, 5.74) is 1.73. The third-order valence-electron chi connectivity index (χ3n) is 3.21. The summed E-state index contributed by atoms with van der Waals surface area (Å²) < 4.78 is 5.80. The van der Waals surface area contributed by atoms with Crippen molar-refractivity contribution in [2.24, 2.45) is 0 Å². The third kappa shape index (κ3) is 2.00. The predicted molar refractivity (Wildman–Crippen MR) is 60.2 cm³/mol. The van der Waals surface area contributed by atoms with Crippen LogP contribution in [0.25, 0.3) is 0 Å². The highest BCUT2D eigenvalue weighted by atomic mass is 16.5. The highest BCUT2D eigenvalue weighted by molar-refractivity contribution is 5.36. The number of aryl methyl sites for hydroxylation is 2. The van der Waals surface area contributed by atoms with Gasteiger partial charge in [0.15, 0.2) is 0 Å². The van der Waals surface area contributed by atoms with Crippen LogP contribution < -0.4 is 4.74 Å². The molecule has 0 aromatic heterocycles. The van der Waals surface area contributed by atoms with Gasteiger partial charge >= 0.3 is 0 Å². The Kier molecular flexibility index (Phi) is 2.47. The maximum absolute atomic E-state index is 9.85. The molecular formula is C13H18O2. The Morgan fingerprint density at radius 3 is 2.60 bits per heavy atom. The zero-order valence-electron chi connectivity index (χ0n) is 9.58. The predicted octanol–water partition coefficient (Wildman–Crippen LogP) is 2.60. The molecule has 1 saturated carbocycles. The van der Waals surface area contributed by atoms with Gasteiger partial charge in [-0.15, -0.1) is 0 Å². The molecule has 0 heterocycles. The topological polar surface area (TPSA) is 29.5 Å². The summed E-state index contributed by atoms with van der Waals surface area (Å²) in [5.74, 6) is 0.894. The first-order valence-electron chi connectivity index (χ1n) is 5.45. The molecule has 82 valence electrons. The molecular weight excluding hydrogens is 188 g/mol. The maximum Gasteiger partial charge on any atom is 0.127 e. The van der Waals surface area contributed by atoms with Crippen LogP contribution in [0.15, 0.2) is 18.2 Å². The molecule has 0 unspecified atom stereocenters. The Labute approximate surface area is 90.9 Å². The Hall–Kier alpha value is -1.02. The van der Waals surface area contributed by atoms with Crippen molar-refractivity contribution in [1.29, 1.82) is 0 Å². The van der Waals surface area contributed by atoms with E-state index in [9.17, 15) is 5.11 Å². The molecule has 1 aliphatic carbocycles. The summed E-state index contributed by atoms with van der Waals surface area (Å²) in [7, 11) is 0. The van der Waals surface area contributed by atoms with Gasteiger partial charge in [0, 0.05) is 0 Å². The lowest BCUT2D eigenvalue weighted by molar-refractivity contribution is -0.118. The van der Waals surface area contributed by atoms with Gasteiger partial charge in [0.25, 0.3) is 0 Å². The van der Waals surface area contributed by atoms with Gasteiger partial charge in [0.05, 0.1) is 5.60 Å². The van der Waals surface area contributed by atoms with Gasteiger partial charge in [-0.2, -0.15) is 0 Å². The first-order chi connectivity index (χ1) is 6.99. The van der Waals surface area contributed by atoms with Crippen molar-refractivity contribution in [2.75, 3.05) is 0 Å². The third-order valence-corrected chi connectivity index (χ3v) is 3.21. The van der Waals surface area contributed by atoms with E-state index in [0.717, 1.165) is 24.2 Å². The summed E-state index contributed by atoms with van der Waals surface area (Å²) in [5, 5.41) is 9.85. The van der Waals surface area contributed by atoms with Crippen LogP contribution in [-0.2, 0) is 0 Å². The average Bonchev–Trinajstić information content (AvgIpc) is 2.15. The van der Waals surface area contributed by atoms with E-state index in [4.69, 9.17) is 4.74 Å². The SMILES string of the molecule is Cc1ccc(O[C@H]2CC[C@]2(C)O)c(C)c1. The van der Waals surface area contributed by atoms with E-state index in [2.05, 4.69) is 13.0 Å². The lowest BCUT2D eigenvalue weighted by Gasteiger charge is -2.42. The van der Waals surface area contributed by atoms with Crippen molar-refractivity contribution >= 4 is 0 Å². The lowest BCUT2D eigenvalue weighted by Crippen LogP contribution is -2.52. The van der Waals surface area contributed by atoms with Gasteiger partial charge in [-0.05, 0) is 45.2 Å². The van der Waals surface area contributed by atoms with E-state index in [1.165, 1.54) is 5.56 Å². The van der Waals surface area contributed by atoms with Crippen LogP contribution in [0.4, 0.5) is 0 Å². The van der Waals surface area contributed by atoms with Crippen molar-refractivity contribution in [3.05, 3.63) is 29.3 Å². The number of rotatable bonds is 2. The smallest absolute Gasteiger partial charge is 0.127 e. The molecule has 2 rings (SSSR count). The lowest BCUT2D eigenvalue weighted by atomic mass is 9.78. The zero-order valence-corrected chi connectivity index (χ0v) is 9.58. The second-order valence-electron chi connectivity index (χ2n) is 4.77. The van der Waals surface area contributed by atoms with Gasteiger partial charge < -0.3 is 9.84 Å². The standard InChI is InChI=1S/C13H18O2/c1-9-4-5-11(10(2)8-9)15-12-6-7-13(12,3)14/h4-5,8,12,14H,6-7H2,1-3H3/t12-,13-/m0/s1. The van der Waals surface area contributed by atoms with Crippen LogP contribution in [0.1, 0.15) is 30.9 Å². The highest BCUT2D eigenvalue weighted by Crippen LogP contribution is 2.36. The van der Waals surface area contributed by atoms with E-state index < -0.39 is 5.60 Å². The van der Waals surface area contributed by atoms with E-state index in [1.54, 1.807) is 0 Å². The van der Waals surface area contributed by atoms with E-state index in [0.29, 0.717) is 0 Å². The number of ether oxygens (including phenoxy) is 1. The Bertz CT molecular complexity index is 369. The van der Waals surface area contributed by atoms with Gasteiger partial charge in [0.1, 0.15) is 11.9 Å². The average molecular weight is 206 g/mol. The fourth-order valence-electron chi connectivity index (χ4n) is 1.95. The molecule has 2 nitrogen and oxygen atoms in total. The summed E-state index contributed by atoms with van der Waals surface area (Å²) in [6.07, 6.45) is 1.74. The summed E-state index contributed by atoms with van der Waals surface area (Å²) in [4.78, 5) is 0. The highest BCUT2D eigenvalue weighted by Gasteiger charge is 2.43. The van der Waals surface area contributed by atoms with Crippen LogP contribution >= 0.6 is 0 Å². The van der Waals surface area contributed by atoms with Gasteiger partial charge in [-0.3, -0.25) is 0 Å². The molecule has 0 spiro atoms. The molecule has 0 bridgehead atoms. The Morgan fingerprint density at radius 2 is 2.13 bits per heavy atom. The van der Waals surface area contributed by atoms with Crippen molar-refractivity contribution < 1.29 is 9.84 Å². The van der Waals surface area contributed by atoms with Crippen LogP contribution in [0.3, 0.4) is 0 Å². The molecule has 1 aliphatic rings. The molecule has 0 saturated heterocycles. The molecule has 1 aromatic carbocycles. The molecule has 0 radical (unpaired) electrons. The number of hydrogen-bond acceptors (Lipinski definition) is 2. The van der Waals surface area contributed by atoms with Crippen LogP contribution in [0, 0.1) is 13.8 Å². The summed E-state index contributed by atoms with van der Waals surface area (Å²) >= 11 is 0. The molecule has 2 atom stereocenters. The van der Waals surface area contributed by atoms with Crippen LogP contribution in [0.5, 0.6) is 5.75 Å². The Morgan fingerprint density at radius 1 is 1.40 bits per heavy atom. The van der Waals surface area contributed by atoms with E-state index in [-0.39, 0.29) is 6.10 Å². The normalized spacial score (nSPS) is 29.7. The fourth-order valence-corrected chi connectivity index (χ4v) is 1.95. The minimum absolute atomic E-state index is 0.0427. The maximum atomic E-state index is 9.85. The van der Waals surface area contributed by atoms with Crippen molar-refractivity contribution in [3.63, 3.8) is 0 Å². The minimum Gasteiger partial charge on any atom is -0.487 e. The van der Waals surface area contributed by atoms with E-state index in [1.807, 2.05) is 26.0 Å². The Balaban J connectivity index is 2.11. The van der Waals surface area contributed by atoms with E-state index >= 15 is 0 Å². The summed E-state index contributed by atoms with van der Waals surface area (Å²) in [6, 6.07) is 6.12. The largest absolute Gasteiger partial charge is 0.487 e. The molecule has 1 fully saturated rings. The number of benzene rings is 1. The van der Waals surface area contributed by atoms with Crippen molar-refractivity contribution in [2.45, 2.75) is 45.3 Å². The van der Waals surface area contributed by atoms with Crippen LogP contribution in [-0.4, -0.2) is 16.8 Å². The second kappa shape index (κ2) is 3.53. The molecule has 2 heteroatoms. The quantitative estimate of drug-likeness (QED) is 0.806. The minimum atomic E-state index is -0.642. The summed E-state index contributed by atoms with van der Waals surface area (Å²) in [6.45, 7) is 5.94. The van der Waals surface area contributed by atoms with Gasteiger partial charge in [0.2, 0.25) is 0 Å². The molecule has 1 N–H and O–H groups in total. The fraction of sp³-hybridized carbons (Fsp3) is 0.538. The number of aliphatic hydroxyl groups is 1. The first kappa shape index (κ1) is 10.5. The number of hydrogen-bond donors (Lipinski definition) is 1. The van der Waals surface area contributed by atoms with Crippen molar-refractivity contribution in [1.82, 2.24) is 0 Å². The zero-order chi connectivity index (χ0) is 11.1. The molecule has 0 amide bonds. The van der Waals surface area contributed by atoms with Gasteiger partial charge in [-0.25, -0.2) is 0 Å². The van der Waals surface area contributed by atoms with Crippen molar-refractivity contribution in [3.8, 4) is 5.75 Å².